The predicted molar refractivity (Wildman–Crippen MR) is 75.8 cm³/mol. The third kappa shape index (κ3) is 5.82. The quantitative estimate of drug-likeness (QED) is 0.478. The molecule has 0 spiro atoms. The van der Waals surface area contributed by atoms with Gasteiger partial charge in [-0.15, -0.1) is 0 Å². The minimum absolute atomic E-state index is 0.0479. The van der Waals surface area contributed by atoms with Crippen LogP contribution in [0.1, 0.15) is 26.2 Å². The van der Waals surface area contributed by atoms with Crippen LogP contribution in [-0.2, 0) is 4.79 Å². The first-order valence-electron chi connectivity index (χ1n) is 5.91. The predicted octanol–water partition coefficient (Wildman–Crippen LogP) is 3.12. The van der Waals surface area contributed by atoms with Crippen molar-refractivity contribution < 1.29 is 9.53 Å². The Hall–Kier alpha value is -1.36. The zero-order chi connectivity index (χ0) is 13.2. The summed E-state index contributed by atoms with van der Waals surface area (Å²) in [7, 11) is 0. The summed E-state index contributed by atoms with van der Waals surface area (Å²) in [6.45, 7) is 2.06. The number of amides is 1. The first-order valence-corrected chi connectivity index (χ1v) is 6.71. The Labute approximate surface area is 116 Å². The number of hydrogen-bond acceptors (Lipinski definition) is 3. The molecule has 1 aromatic carbocycles. The van der Waals surface area contributed by atoms with Gasteiger partial charge in [-0.05, 0) is 40.9 Å². The molecule has 4 nitrogen and oxygen atoms in total. The van der Waals surface area contributed by atoms with E-state index in [4.69, 9.17) is 4.74 Å². The van der Waals surface area contributed by atoms with Crippen molar-refractivity contribution >= 4 is 28.1 Å². The summed E-state index contributed by atoms with van der Waals surface area (Å²) >= 11 is 3.34. The second-order valence-electron chi connectivity index (χ2n) is 3.71. The molecule has 1 N–H and O–H groups in total. The highest BCUT2D eigenvalue weighted by atomic mass is 79.9. The molecule has 0 saturated carbocycles. The van der Waals surface area contributed by atoms with Crippen LogP contribution in [0.2, 0.25) is 0 Å². The van der Waals surface area contributed by atoms with Crippen molar-refractivity contribution in [3.63, 3.8) is 0 Å². The number of rotatable bonds is 7. The van der Waals surface area contributed by atoms with E-state index in [1.807, 2.05) is 18.2 Å². The molecule has 98 valence electrons. The fourth-order valence-corrected chi connectivity index (χ4v) is 1.61. The Morgan fingerprint density at radius 2 is 2.28 bits per heavy atom. The molecule has 18 heavy (non-hydrogen) atoms. The number of para-hydroxylation sites is 1. The van der Waals surface area contributed by atoms with Gasteiger partial charge in [-0.2, -0.15) is 5.10 Å². The number of hydrogen-bond donors (Lipinski definition) is 1. The lowest BCUT2D eigenvalue weighted by molar-refractivity contribution is -0.123. The lowest BCUT2D eigenvalue weighted by atomic mass is 10.3. The third-order valence-electron chi connectivity index (χ3n) is 2.16. The summed E-state index contributed by atoms with van der Waals surface area (Å²) < 4.78 is 6.17. The molecular weight excluding hydrogens is 296 g/mol. The number of carbonyl (C=O) groups is 1. The highest BCUT2D eigenvalue weighted by molar-refractivity contribution is 9.10. The molecule has 0 aliphatic carbocycles. The van der Waals surface area contributed by atoms with E-state index in [1.165, 1.54) is 0 Å². The first-order chi connectivity index (χ1) is 8.74. The van der Waals surface area contributed by atoms with Crippen LogP contribution in [0.5, 0.6) is 5.75 Å². The Balaban J connectivity index is 2.25. The number of hydrazone groups is 1. The maximum absolute atomic E-state index is 11.4. The smallest absolute Gasteiger partial charge is 0.277 e. The number of benzene rings is 1. The monoisotopic (exact) mass is 312 g/mol. The fourth-order valence-electron chi connectivity index (χ4n) is 1.21. The van der Waals surface area contributed by atoms with Crippen molar-refractivity contribution in [3.8, 4) is 5.75 Å². The Bertz CT molecular complexity index is 408. The zero-order valence-corrected chi connectivity index (χ0v) is 11.9. The molecule has 0 bridgehead atoms. The first kappa shape index (κ1) is 14.7. The van der Waals surface area contributed by atoms with Crippen LogP contribution in [0.25, 0.3) is 0 Å². The molecule has 1 aromatic rings. The molecule has 0 saturated heterocycles. The van der Waals surface area contributed by atoms with Gasteiger partial charge in [0.15, 0.2) is 6.61 Å². The number of ether oxygens (including phenoxy) is 1. The van der Waals surface area contributed by atoms with Gasteiger partial charge >= 0.3 is 0 Å². The molecule has 0 atom stereocenters. The number of halogens is 1. The van der Waals surface area contributed by atoms with Crippen molar-refractivity contribution in [2.75, 3.05) is 6.61 Å². The van der Waals surface area contributed by atoms with E-state index >= 15 is 0 Å². The molecule has 5 heteroatoms. The molecular formula is C13H17BrN2O2. The largest absolute Gasteiger partial charge is 0.483 e. The van der Waals surface area contributed by atoms with Crippen LogP contribution in [-0.4, -0.2) is 18.7 Å². The zero-order valence-electron chi connectivity index (χ0n) is 10.4. The van der Waals surface area contributed by atoms with Gasteiger partial charge in [-0.3, -0.25) is 4.79 Å². The molecule has 0 radical (unpaired) electrons. The summed E-state index contributed by atoms with van der Waals surface area (Å²) in [5.74, 6) is 0.376. The second-order valence-corrected chi connectivity index (χ2v) is 4.56. The van der Waals surface area contributed by atoms with E-state index in [9.17, 15) is 4.79 Å². The summed E-state index contributed by atoms with van der Waals surface area (Å²) in [4.78, 5) is 11.4. The Morgan fingerprint density at radius 1 is 1.50 bits per heavy atom. The summed E-state index contributed by atoms with van der Waals surface area (Å²) in [6, 6.07) is 7.38. The highest BCUT2D eigenvalue weighted by Crippen LogP contribution is 2.23. The standard InChI is InChI=1S/C13H17BrN2O2/c1-2-3-6-9-15-16-13(17)10-18-12-8-5-4-7-11(12)14/h4-5,7-9H,2-3,6,10H2,1H3,(H,16,17)/b15-9+. The van der Waals surface area contributed by atoms with E-state index in [2.05, 4.69) is 33.4 Å². The molecule has 0 unspecified atom stereocenters. The number of carbonyl (C=O) groups excluding carboxylic acids is 1. The van der Waals surface area contributed by atoms with Crippen LogP contribution >= 0.6 is 15.9 Å². The fraction of sp³-hybridized carbons (Fsp3) is 0.385. The number of nitrogens with zero attached hydrogens (tertiary/aromatic N) is 1. The lowest BCUT2D eigenvalue weighted by Crippen LogP contribution is -2.24. The molecule has 0 aliphatic rings. The average molecular weight is 313 g/mol. The highest BCUT2D eigenvalue weighted by Gasteiger charge is 2.03. The number of nitrogens with one attached hydrogen (secondary N) is 1. The summed E-state index contributed by atoms with van der Waals surface area (Å²) in [5.41, 5.74) is 2.42. The second kappa shape index (κ2) is 8.69. The maximum atomic E-state index is 11.4. The molecule has 0 aliphatic heterocycles. The van der Waals surface area contributed by atoms with Crippen molar-refractivity contribution in [2.45, 2.75) is 26.2 Å². The van der Waals surface area contributed by atoms with E-state index in [0.717, 1.165) is 23.7 Å². The van der Waals surface area contributed by atoms with Crippen LogP contribution in [0.15, 0.2) is 33.8 Å². The molecule has 1 rings (SSSR count). The number of unbranched alkanes of at least 4 members (excludes halogenated alkanes) is 2. The summed E-state index contributed by atoms with van der Waals surface area (Å²) in [5, 5.41) is 3.83. The van der Waals surface area contributed by atoms with Gasteiger partial charge < -0.3 is 4.74 Å². The van der Waals surface area contributed by atoms with Gasteiger partial charge in [0.25, 0.3) is 5.91 Å². The van der Waals surface area contributed by atoms with Crippen molar-refractivity contribution in [1.82, 2.24) is 5.43 Å². The van der Waals surface area contributed by atoms with Gasteiger partial charge in [-0.25, -0.2) is 5.43 Å². The minimum Gasteiger partial charge on any atom is -0.483 e. The van der Waals surface area contributed by atoms with Gasteiger partial charge in [0.1, 0.15) is 5.75 Å². The SMILES string of the molecule is CCCC/C=N/NC(=O)COc1ccccc1Br. The summed E-state index contributed by atoms with van der Waals surface area (Å²) in [6.07, 6.45) is 4.78. The third-order valence-corrected chi connectivity index (χ3v) is 2.82. The van der Waals surface area contributed by atoms with Gasteiger partial charge in [-0.1, -0.05) is 25.5 Å². The molecule has 1 amide bonds. The minimum atomic E-state index is -0.265. The van der Waals surface area contributed by atoms with Crippen molar-refractivity contribution in [2.24, 2.45) is 5.10 Å². The van der Waals surface area contributed by atoms with Crippen LogP contribution < -0.4 is 10.2 Å². The Morgan fingerprint density at radius 3 is 3.00 bits per heavy atom. The molecule has 0 heterocycles. The van der Waals surface area contributed by atoms with Crippen LogP contribution in [0.3, 0.4) is 0 Å². The van der Waals surface area contributed by atoms with E-state index < -0.39 is 0 Å². The lowest BCUT2D eigenvalue weighted by Gasteiger charge is -2.06. The topological polar surface area (TPSA) is 50.7 Å². The maximum Gasteiger partial charge on any atom is 0.277 e. The normalized spacial score (nSPS) is 10.6. The average Bonchev–Trinajstić information content (AvgIpc) is 2.37. The van der Waals surface area contributed by atoms with Crippen LogP contribution in [0, 0.1) is 0 Å². The van der Waals surface area contributed by atoms with Gasteiger partial charge in [0.05, 0.1) is 4.47 Å². The van der Waals surface area contributed by atoms with Gasteiger partial charge in [0, 0.05) is 6.21 Å². The molecule has 0 fully saturated rings. The van der Waals surface area contributed by atoms with Gasteiger partial charge in [0.2, 0.25) is 0 Å². The molecule has 0 aromatic heterocycles. The van der Waals surface area contributed by atoms with E-state index in [-0.39, 0.29) is 12.5 Å². The van der Waals surface area contributed by atoms with E-state index in [0.29, 0.717) is 5.75 Å². The van der Waals surface area contributed by atoms with E-state index in [1.54, 1.807) is 12.3 Å². The van der Waals surface area contributed by atoms with Crippen molar-refractivity contribution in [3.05, 3.63) is 28.7 Å². The van der Waals surface area contributed by atoms with Crippen molar-refractivity contribution in [1.29, 1.82) is 0 Å². The Kier molecular flexibility index (Phi) is 7.10. The van der Waals surface area contributed by atoms with Crippen LogP contribution in [0.4, 0.5) is 0 Å².